The van der Waals surface area contributed by atoms with Gasteiger partial charge in [-0.2, -0.15) is 5.10 Å². The van der Waals surface area contributed by atoms with Crippen molar-refractivity contribution in [1.29, 1.82) is 0 Å². The van der Waals surface area contributed by atoms with Gasteiger partial charge in [-0.25, -0.2) is 19.0 Å². The molecule has 0 spiro atoms. The Morgan fingerprint density at radius 2 is 2.04 bits per heavy atom. The van der Waals surface area contributed by atoms with Crippen LogP contribution in [0.4, 0.5) is 10.1 Å². The van der Waals surface area contributed by atoms with Crippen LogP contribution in [0.5, 0.6) is 0 Å². The Kier molecular flexibility index (Phi) is 3.70. The van der Waals surface area contributed by atoms with Crippen LogP contribution in [0.2, 0.25) is 0 Å². The van der Waals surface area contributed by atoms with Crippen LogP contribution in [0.1, 0.15) is 0 Å². The Bertz CT molecular complexity index is 1030. The van der Waals surface area contributed by atoms with Crippen molar-refractivity contribution in [2.24, 2.45) is 0 Å². The fourth-order valence-electron chi connectivity index (χ4n) is 2.38. The monoisotopic (exact) mass is 337 g/mol. The molecule has 8 heteroatoms. The number of halogens is 1. The Hall–Kier alpha value is -3.55. The molecule has 0 bridgehead atoms. The summed E-state index contributed by atoms with van der Waals surface area (Å²) in [4.78, 5) is 20.1. The van der Waals surface area contributed by atoms with Crippen molar-refractivity contribution in [2.45, 2.75) is 6.54 Å². The lowest BCUT2D eigenvalue weighted by Gasteiger charge is -2.04. The standard InChI is InChI=1S/C17H12FN5O2/c18-12-3-1-11(2-4-12)17-22-14-6-5-13(7-15(14)25-17)21-16(24)8-23-10-19-9-20-23/h1-7,9-10H,8H2,(H,21,24). The fraction of sp³-hybridized carbons (Fsp3) is 0.0588. The summed E-state index contributed by atoms with van der Waals surface area (Å²) in [6.45, 7) is 0.0648. The van der Waals surface area contributed by atoms with Crippen LogP contribution in [0.15, 0.2) is 59.5 Å². The van der Waals surface area contributed by atoms with Gasteiger partial charge in [0, 0.05) is 17.3 Å². The molecule has 0 aliphatic heterocycles. The highest BCUT2D eigenvalue weighted by molar-refractivity contribution is 5.92. The number of fused-ring (bicyclic) bond motifs is 1. The normalized spacial score (nSPS) is 10.9. The minimum absolute atomic E-state index is 0.0648. The Morgan fingerprint density at radius 3 is 2.80 bits per heavy atom. The number of hydrogen-bond acceptors (Lipinski definition) is 5. The van der Waals surface area contributed by atoms with E-state index in [1.807, 2.05) is 0 Å². The summed E-state index contributed by atoms with van der Waals surface area (Å²) in [5.41, 5.74) is 2.43. The molecule has 1 N–H and O–H groups in total. The van der Waals surface area contributed by atoms with Crippen LogP contribution in [0, 0.1) is 5.82 Å². The van der Waals surface area contributed by atoms with Gasteiger partial charge in [0.2, 0.25) is 11.8 Å². The van der Waals surface area contributed by atoms with Crippen molar-refractivity contribution >= 4 is 22.7 Å². The molecule has 4 aromatic rings. The van der Waals surface area contributed by atoms with Crippen LogP contribution < -0.4 is 5.32 Å². The second kappa shape index (κ2) is 6.16. The first-order chi connectivity index (χ1) is 12.2. The molecule has 0 aliphatic rings. The molecule has 0 saturated carbocycles. The summed E-state index contributed by atoms with van der Waals surface area (Å²) in [5.74, 6) is -0.165. The van der Waals surface area contributed by atoms with E-state index in [4.69, 9.17) is 4.42 Å². The smallest absolute Gasteiger partial charge is 0.246 e. The number of amides is 1. The van der Waals surface area contributed by atoms with E-state index in [-0.39, 0.29) is 18.3 Å². The van der Waals surface area contributed by atoms with Gasteiger partial charge in [0.05, 0.1) is 0 Å². The third-order valence-electron chi connectivity index (χ3n) is 3.54. The van der Waals surface area contributed by atoms with Gasteiger partial charge in [0.25, 0.3) is 0 Å². The number of nitrogens with one attached hydrogen (secondary N) is 1. The Morgan fingerprint density at radius 1 is 1.20 bits per heavy atom. The summed E-state index contributed by atoms with van der Waals surface area (Å²) < 4.78 is 20.2. The maximum absolute atomic E-state index is 13.0. The van der Waals surface area contributed by atoms with E-state index >= 15 is 0 Å². The second-order valence-corrected chi connectivity index (χ2v) is 5.35. The van der Waals surface area contributed by atoms with Gasteiger partial charge in [-0.05, 0) is 36.4 Å². The number of rotatable bonds is 4. The maximum atomic E-state index is 13.0. The van der Waals surface area contributed by atoms with Gasteiger partial charge in [-0.1, -0.05) is 0 Å². The van der Waals surface area contributed by atoms with E-state index in [1.54, 1.807) is 30.3 Å². The minimum atomic E-state index is -0.322. The van der Waals surface area contributed by atoms with Crippen LogP contribution in [-0.2, 0) is 11.3 Å². The maximum Gasteiger partial charge on any atom is 0.246 e. The zero-order valence-corrected chi connectivity index (χ0v) is 12.9. The number of anilines is 1. The molecule has 0 unspecified atom stereocenters. The molecule has 0 fully saturated rings. The molecule has 1 amide bonds. The van der Waals surface area contributed by atoms with Gasteiger partial charge in [-0.3, -0.25) is 4.79 Å². The van der Waals surface area contributed by atoms with E-state index in [0.717, 1.165) is 0 Å². The average Bonchev–Trinajstić information content (AvgIpc) is 3.24. The topological polar surface area (TPSA) is 85.8 Å². The lowest BCUT2D eigenvalue weighted by atomic mass is 10.2. The number of hydrogen-bond donors (Lipinski definition) is 1. The quantitative estimate of drug-likeness (QED) is 0.619. The zero-order chi connectivity index (χ0) is 17.2. The van der Waals surface area contributed by atoms with Gasteiger partial charge in [0.15, 0.2) is 5.58 Å². The number of oxazole rings is 1. The third kappa shape index (κ3) is 3.23. The highest BCUT2D eigenvalue weighted by Gasteiger charge is 2.10. The predicted octanol–water partition coefficient (Wildman–Crippen LogP) is 2.86. The van der Waals surface area contributed by atoms with Crippen molar-refractivity contribution in [3.8, 4) is 11.5 Å². The molecule has 124 valence electrons. The summed E-state index contributed by atoms with van der Waals surface area (Å²) >= 11 is 0. The number of benzene rings is 2. The van der Waals surface area contributed by atoms with Crippen LogP contribution >= 0.6 is 0 Å². The average molecular weight is 337 g/mol. The fourth-order valence-corrected chi connectivity index (χ4v) is 2.38. The summed E-state index contributed by atoms with van der Waals surface area (Å²) in [5, 5.41) is 6.64. The molecular weight excluding hydrogens is 325 g/mol. The number of aromatic nitrogens is 4. The molecule has 2 aromatic carbocycles. The molecule has 0 atom stereocenters. The second-order valence-electron chi connectivity index (χ2n) is 5.35. The van der Waals surface area contributed by atoms with Crippen LogP contribution in [0.25, 0.3) is 22.6 Å². The first kappa shape index (κ1) is 15.0. The van der Waals surface area contributed by atoms with Gasteiger partial charge in [-0.15, -0.1) is 0 Å². The van der Waals surface area contributed by atoms with Crippen molar-refractivity contribution < 1.29 is 13.6 Å². The van der Waals surface area contributed by atoms with E-state index in [1.165, 1.54) is 29.5 Å². The third-order valence-corrected chi connectivity index (χ3v) is 3.54. The molecule has 7 nitrogen and oxygen atoms in total. The number of nitrogens with zero attached hydrogens (tertiary/aromatic N) is 4. The van der Waals surface area contributed by atoms with E-state index in [0.29, 0.717) is 28.2 Å². The Balaban J connectivity index is 1.55. The molecule has 0 aliphatic carbocycles. The van der Waals surface area contributed by atoms with Crippen LogP contribution in [0.3, 0.4) is 0 Å². The Labute approximate surface area is 141 Å². The van der Waals surface area contributed by atoms with Crippen molar-refractivity contribution in [3.05, 3.63) is 60.9 Å². The van der Waals surface area contributed by atoms with Crippen LogP contribution in [-0.4, -0.2) is 25.7 Å². The van der Waals surface area contributed by atoms with Crippen molar-refractivity contribution in [1.82, 2.24) is 19.7 Å². The predicted molar refractivity (Wildman–Crippen MR) is 88.1 cm³/mol. The molecular formula is C17H12FN5O2. The molecule has 0 radical (unpaired) electrons. The molecule has 0 saturated heterocycles. The lowest BCUT2D eigenvalue weighted by molar-refractivity contribution is -0.116. The summed E-state index contributed by atoms with van der Waals surface area (Å²) in [6.07, 6.45) is 2.83. The van der Waals surface area contributed by atoms with Crippen molar-refractivity contribution in [2.75, 3.05) is 5.32 Å². The highest BCUT2D eigenvalue weighted by Crippen LogP contribution is 2.26. The van der Waals surface area contributed by atoms with E-state index in [2.05, 4.69) is 20.4 Å². The molecule has 25 heavy (non-hydrogen) atoms. The van der Waals surface area contributed by atoms with E-state index in [9.17, 15) is 9.18 Å². The van der Waals surface area contributed by atoms with Gasteiger partial charge in [0.1, 0.15) is 30.5 Å². The first-order valence-corrected chi connectivity index (χ1v) is 7.46. The summed E-state index contributed by atoms with van der Waals surface area (Å²) in [6, 6.07) is 11.1. The number of carbonyl (C=O) groups excluding carboxylic acids is 1. The lowest BCUT2D eigenvalue weighted by Crippen LogP contribution is -2.18. The first-order valence-electron chi connectivity index (χ1n) is 7.46. The molecule has 2 aromatic heterocycles. The van der Waals surface area contributed by atoms with E-state index < -0.39 is 0 Å². The molecule has 4 rings (SSSR count). The minimum Gasteiger partial charge on any atom is -0.436 e. The van der Waals surface area contributed by atoms with Crippen molar-refractivity contribution in [3.63, 3.8) is 0 Å². The number of carbonyl (C=O) groups is 1. The molecule has 2 heterocycles. The summed E-state index contributed by atoms with van der Waals surface area (Å²) in [7, 11) is 0. The van der Waals surface area contributed by atoms with Gasteiger partial charge >= 0.3 is 0 Å². The zero-order valence-electron chi connectivity index (χ0n) is 12.9. The highest BCUT2D eigenvalue weighted by atomic mass is 19.1. The SMILES string of the molecule is O=C(Cn1cncn1)Nc1ccc2nc(-c3ccc(F)cc3)oc2c1. The van der Waals surface area contributed by atoms with Gasteiger partial charge < -0.3 is 9.73 Å². The largest absolute Gasteiger partial charge is 0.436 e.